The molecule has 5 heteroatoms. The summed E-state index contributed by atoms with van der Waals surface area (Å²) in [4.78, 5) is 11.3. The molecule has 0 spiro atoms. The van der Waals surface area contributed by atoms with E-state index in [9.17, 15) is 4.79 Å². The van der Waals surface area contributed by atoms with E-state index in [-0.39, 0.29) is 5.91 Å². The van der Waals surface area contributed by atoms with Gasteiger partial charge in [0.1, 0.15) is 5.76 Å². The van der Waals surface area contributed by atoms with Crippen molar-refractivity contribution >= 4 is 17.7 Å². The number of hydrazine groups is 1. The first-order valence-corrected chi connectivity index (χ1v) is 6.97. The van der Waals surface area contributed by atoms with Crippen LogP contribution in [0.25, 0.3) is 0 Å². The maximum atomic E-state index is 11.3. The molecule has 1 amide bonds. The quantitative estimate of drug-likeness (QED) is 0.492. The van der Waals surface area contributed by atoms with E-state index in [2.05, 4.69) is 5.43 Å². The van der Waals surface area contributed by atoms with Crippen LogP contribution < -0.4 is 11.3 Å². The Morgan fingerprint density at radius 2 is 2.29 bits per heavy atom. The van der Waals surface area contributed by atoms with E-state index in [1.807, 2.05) is 18.7 Å². The van der Waals surface area contributed by atoms with Gasteiger partial charge < -0.3 is 4.42 Å². The fourth-order valence-electron chi connectivity index (χ4n) is 2.11. The van der Waals surface area contributed by atoms with Gasteiger partial charge in [0.15, 0.2) is 5.76 Å². The number of amides is 1. The van der Waals surface area contributed by atoms with Crippen molar-refractivity contribution in [3.8, 4) is 0 Å². The summed E-state index contributed by atoms with van der Waals surface area (Å²) >= 11 is 1.96. The molecule has 94 valence electrons. The van der Waals surface area contributed by atoms with Gasteiger partial charge in [0.05, 0.1) is 0 Å². The number of nitrogens with two attached hydrogens (primary N) is 1. The molecule has 4 nitrogen and oxygen atoms in total. The van der Waals surface area contributed by atoms with Gasteiger partial charge in [-0.05, 0) is 25.8 Å². The first-order chi connectivity index (χ1) is 8.20. The summed E-state index contributed by atoms with van der Waals surface area (Å²) in [6.07, 6.45) is 5.33. The fourth-order valence-corrected chi connectivity index (χ4v) is 3.48. The first kappa shape index (κ1) is 12.5. The highest BCUT2D eigenvalue weighted by atomic mass is 32.2. The molecular weight excluding hydrogens is 236 g/mol. The van der Waals surface area contributed by atoms with Gasteiger partial charge >= 0.3 is 5.91 Å². The normalized spacial score (nSPS) is 16.4. The van der Waals surface area contributed by atoms with E-state index < -0.39 is 0 Å². The standard InChI is InChI=1S/C12H18N2O2S/c1-8-9(6-11(16-8)12(15)14-13)7-17-10-4-2-3-5-10/h6,10H,2-5,7,13H2,1H3,(H,14,15). The summed E-state index contributed by atoms with van der Waals surface area (Å²) in [5, 5.41) is 0.774. The number of thioether (sulfide) groups is 1. The highest BCUT2D eigenvalue weighted by molar-refractivity contribution is 7.99. The van der Waals surface area contributed by atoms with Crippen molar-refractivity contribution < 1.29 is 9.21 Å². The molecule has 1 heterocycles. The molecule has 0 aliphatic heterocycles. The summed E-state index contributed by atoms with van der Waals surface area (Å²) in [6, 6.07) is 1.79. The molecular formula is C12H18N2O2S. The van der Waals surface area contributed by atoms with E-state index in [4.69, 9.17) is 10.3 Å². The van der Waals surface area contributed by atoms with Crippen LogP contribution in [0.15, 0.2) is 10.5 Å². The van der Waals surface area contributed by atoms with Crippen LogP contribution >= 0.6 is 11.8 Å². The topological polar surface area (TPSA) is 68.3 Å². The predicted octanol–water partition coefficient (Wildman–Crippen LogP) is 2.37. The number of carbonyl (C=O) groups excluding carboxylic acids is 1. The molecule has 1 fully saturated rings. The largest absolute Gasteiger partial charge is 0.456 e. The van der Waals surface area contributed by atoms with E-state index in [0.717, 1.165) is 22.3 Å². The van der Waals surface area contributed by atoms with Crippen molar-refractivity contribution in [3.63, 3.8) is 0 Å². The van der Waals surface area contributed by atoms with Crippen LogP contribution in [-0.2, 0) is 5.75 Å². The van der Waals surface area contributed by atoms with Gasteiger partial charge in [0.2, 0.25) is 0 Å². The third-order valence-electron chi connectivity index (χ3n) is 3.15. The Bertz CT molecular complexity index is 397. The maximum absolute atomic E-state index is 11.3. The van der Waals surface area contributed by atoms with Crippen LogP contribution in [0.2, 0.25) is 0 Å². The minimum absolute atomic E-state index is 0.298. The molecule has 1 aliphatic rings. The third-order valence-corrected chi connectivity index (χ3v) is 4.57. The molecule has 3 N–H and O–H groups in total. The van der Waals surface area contributed by atoms with Crippen molar-refractivity contribution in [2.75, 3.05) is 0 Å². The van der Waals surface area contributed by atoms with E-state index in [1.165, 1.54) is 25.7 Å². The lowest BCUT2D eigenvalue weighted by molar-refractivity contribution is 0.0924. The molecule has 0 saturated heterocycles. The molecule has 0 radical (unpaired) electrons. The average Bonchev–Trinajstić information content (AvgIpc) is 2.95. The molecule has 2 rings (SSSR count). The lowest BCUT2D eigenvalue weighted by Crippen LogP contribution is -2.29. The highest BCUT2D eigenvalue weighted by Gasteiger charge is 2.18. The van der Waals surface area contributed by atoms with Crippen molar-refractivity contribution in [1.29, 1.82) is 0 Å². The Balaban J connectivity index is 1.95. The maximum Gasteiger partial charge on any atom is 0.300 e. The number of nitrogen functional groups attached to an aromatic ring is 1. The van der Waals surface area contributed by atoms with Gasteiger partial charge in [-0.25, -0.2) is 5.84 Å². The molecule has 1 saturated carbocycles. The van der Waals surface area contributed by atoms with Gasteiger partial charge in [-0.3, -0.25) is 10.2 Å². The minimum Gasteiger partial charge on any atom is -0.456 e. The zero-order chi connectivity index (χ0) is 12.3. The van der Waals surface area contributed by atoms with E-state index in [1.54, 1.807) is 6.07 Å². The van der Waals surface area contributed by atoms with Crippen LogP contribution in [0.5, 0.6) is 0 Å². The number of carbonyl (C=O) groups is 1. The summed E-state index contributed by atoms with van der Waals surface area (Å²) in [6.45, 7) is 1.89. The molecule has 17 heavy (non-hydrogen) atoms. The van der Waals surface area contributed by atoms with Crippen molar-refractivity contribution in [2.45, 2.75) is 43.6 Å². The van der Waals surface area contributed by atoms with Gasteiger partial charge in [-0.2, -0.15) is 11.8 Å². The Kier molecular flexibility index (Phi) is 4.12. The molecule has 0 aromatic carbocycles. The molecule has 1 aromatic heterocycles. The first-order valence-electron chi connectivity index (χ1n) is 5.92. The van der Waals surface area contributed by atoms with E-state index >= 15 is 0 Å². The van der Waals surface area contributed by atoms with Crippen LogP contribution in [0.1, 0.15) is 47.6 Å². The fraction of sp³-hybridized carbons (Fsp3) is 0.583. The number of furan rings is 1. The monoisotopic (exact) mass is 254 g/mol. The minimum atomic E-state index is -0.370. The van der Waals surface area contributed by atoms with Crippen molar-refractivity contribution in [2.24, 2.45) is 5.84 Å². The Morgan fingerprint density at radius 1 is 1.59 bits per heavy atom. The zero-order valence-corrected chi connectivity index (χ0v) is 10.8. The van der Waals surface area contributed by atoms with E-state index in [0.29, 0.717) is 5.76 Å². The van der Waals surface area contributed by atoms with Gasteiger partial charge in [-0.15, -0.1) is 0 Å². The molecule has 0 unspecified atom stereocenters. The van der Waals surface area contributed by atoms with Crippen LogP contribution in [0, 0.1) is 6.92 Å². The van der Waals surface area contributed by atoms with Gasteiger partial charge in [-0.1, -0.05) is 12.8 Å². The highest BCUT2D eigenvalue weighted by Crippen LogP contribution is 2.32. The molecule has 0 atom stereocenters. The van der Waals surface area contributed by atoms with Gasteiger partial charge in [0.25, 0.3) is 0 Å². The second-order valence-corrected chi connectivity index (χ2v) is 5.67. The molecule has 1 aromatic rings. The third kappa shape index (κ3) is 3.04. The summed E-state index contributed by atoms with van der Waals surface area (Å²) < 4.78 is 5.38. The Hall–Kier alpha value is -0.940. The summed E-state index contributed by atoms with van der Waals surface area (Å²) in [5.41, 5.74) is 3.18. The Morgan fingerprint density at radius 3 is 2.94 bits per heavy atom. The number of aryl methyl sites for hydroxylation is 1. The molecule has 1 aliphatic carbocycles. The van der Waals surface area contributed by atoms with Crippen LogP contribution in [-0.4, -0.2) is 11.2 Å². The number of hydrogen-bond acceptors (Lipinski definition) is 4. The summed E-state index contributed by atoms with van der Waals surface area (Å²) in [7, 11) is 0. The lowest BCUT2D eigenvalue weighted by atomic mass is 10.3. The molecule has 0 bridgehead atoms. The lowest BCUT2D eigenvalue weighted by Gasteiger charge is -2.07. The van der Waals surface area contributed by atoms with Gasteiger partial charge in [0, 0.05) is 16.6 Å². The van der Waals surface area contributed by atoms with Crippen LogP contribution in [0.3, 0.4) is 0 Å². The second kappa shape index (κ2) is 5.60. The average molecular weight is 254 g/mol. The van der Waals surface area contributed by atoms with Crippen molar-refractivity contribution in [3.05, 3.63) is 23.2 Å². The SMILES string of the molecule is Cc1oc(C(=O)NN)cc1CSC1CCCC1. The van der Waals surface area contributed by atoms with Crippen molar-refractivity contribution in [1.82, 2.24) is 5.43 Å². The zero-order valence-electron chi connectivity index (χ0n) is 9.99. The second-order valence-electron chi connectivity index (χ2n) is 4.38. The number of rotatable bonds is 4. The predicted molar refractivity (Wildman–Crippen MR) is 68.6 cm³/mol. The number of nitrogens with one attached hydrogen (secondary N) is 1. The smallest absolute Gasteiger partial charge is 0.300 e. The number of hydrogen-bond donors (Lipinski definition) is 2. The summed E-state index contributed by atoms with van der Waals surface area (Å²) in [5.74, 6) is 6.73. The van der Waals surface area contributed by atoms with Crippen LogP contribution in [0.4, 0.5) is 0 Å². The Labute approximate surface area is 105 Å².